The summed E-state index contributed by atoms with van der Waals surface area (Å²) in [7, 11) is 2.12. The molecule has 0 aliphatic heterocycles. The van der Waals surface area contributed by atoms with Crippen molar-refractivity contribution in [2.24, 2.45) is 7.05 Å². The van der Waals surface area contributed by atoms with Gasteiger partial charge in [0, 0.05) is 17.7 Å². The van der Waals surface area contributed by atoms with E-state index in [-0.39, 0.29) is 0 Å². The molecule has 5 rings (SSSR count). The Labute approximate surface area is 165 Å². The van der Waals surface area contributed by atoms with Gasteiger partial charge in [-0.15, -0.1) is 0 Å². The molecular weight excluding hydrogens is 338 g/mol. The normalized spacial score (nSPS) is 11.2. The summed E-state index contributed by atoms with van der Waals surface area (Å²) >= 11 is 0. The molecule has 4 aromatic carbocycles. The van der Waals surface area contributed by atoms with Crippen molar-refractivity contribution in [2.45, 2.75) is 6.92 Å². The van der Waals surface area contributed by atoms with Gasteiger partial charge in [-0.3, -0.25) is 0 Å². The molecular formula is C27H22N+. The first-order valence-electron chi connectivity index (χ1n) is 9.68. The van der Waals surface area contributed by atoms with Crippen LogP contribution in [0.15, 0.2) is 97.2 Å². The molecule has 1 nitrogen and oxygen atoms in total. The van der Waals surface area contributed by atoms with Crippen LogP contribution in [-0.2, 0) is 7.05 Å². The number of nitrogens with zero attached hydrogens (tertiary/aromatic N) is 1. The highest BCUT2D eigenvalue weighted by Gasteiger charge is 2.15. The average molecular weight is 360 g/mol. The van der Waals surface area contributed by atoms with Gasteiger partial charge < -0.3 is 0 Å². The Hall–Kier alpha value is -3.45. The minimum Gasteiger partial charge on any atom is -0.201 e. The molecule has 134 valence electrons. The van der Waals surface area contributed by atoms with Gasteiger partial charge >= 0.3 is 0 Å². The molecule has 5 aromatic rings. The standard InChI is InChI=1S/C27H22N/c1-19-25-10-6-5-8-21(25)13-14-26(19)27-18-24(15-16-28(27)2)23-12-11-20-7-3-4-9-22(20)17-23/h3-18H,1-2H3/q+1. The van der Waals surface area contributed by atoms with E-state index in [4.69, 9.17) is 0 Å². The highest BCUT2D eigenvalue weighted by molar-refractivity contribution is 5.91. The van der Waals surface area contributed by atoms with Gasteiger partial charge in [-0.05, 0) is 57.3 Å². The van der Waals surface area contributed by atoms with Crippen LogP contribution in [-0.4, -0.2) is 0 Å². The number of pyridine rings is 1. The maximum absolute atomic E-state index is 2.31. The van der Waals surface area contributed by atoms with Gasteiger partial charge in [0.15, 0.2) is 6.20 Å². The van der Waals surface area contributed by atoms with Crippen molar-refractivity contribution in [1.82, 2.24) is 0 Å². The molecule has 0 saturated carbocycles. The first kappa shape index (κ1) is 16.7. The van der Waals surface area contributed by atoms with Crippen molar-refractivity contribution in [3.05, 3.63) is 103 Å². The number of aromatic nitrogens is 1. The fraction of sp³-hybridized carbons (Fsp3) is 0.0741. The highest BCUT2D eigenvalue weighted by Crippen LogP contribution is 2.31. The third-order valence-electron chi connectivity index (χ3n) is 5.71. The summed E-state index contributed by atoms with van der Waals surface area (Å²) in [5.41, 5.74) is 6.33. The van der Waals surface area contributed by atoms with Gasteiger partial charge in [-0.2, -0.15) is 0 Å². The predicted molar refractivity (Wildman–Crippen MR) is 118 cm³/mol. The Kier molecular flexibility index (Phi) is 3.95. The topological polar surface area (TPSA) is 3.88 Å². The molecule has 0 aliphatic rings. The van der Waals surface area contributed by atoms with Gasteiger partial charge in [0.25, 0.3) is 0 Å². The van der Waals surface area contributed by atoms with Crippen LogP contribution in [0.3, 0.4) is 0 Å². The molecule has 0 unspecified atom stereocenters. The van der Waals surface area contributed by atoms with Crippen LogP contribution in [0.5, 0.6) is 0 Å². The maximum Gasteiger partial charge on any atom is 0.213 e. The van der Waals surface area contributed by atoms with Crippen molar-refractivity contribution in [2.75, 3.05) is 0 Å². The zero-order chi connectivity index (χ0) is 19.1. The van der Waals surface area contributed by atoms with E-state index in [1.165, 1.54) is 49.5 Å². The monoisotopic (exact) mass is 360 g/mol. The third kappa shape index (κ3) is 2.76. The largest absolute Gasteiger partial charge is 0.213 e. The SMILES string of the molecule is Cc1c(-c2cc(-c3ccc4ccccc4c3)cc[n+]2C)ccc2ccccc12. The first-order chi connectivity index (χ1) is 13.7. The molecule has 0 atom stereocenters. The van der Waals surface area contributed by atoms with Crippen LogP contribution in [0.4, 0.5) is 0 Å². The van der Waals surface area contributed by atoms with Crippen molar-refractivity contribution < 1.29 is 4.57 Å². The Balaban J connectivity index is 1.68. The van der Waals surface area contributed by atoms with E-state index in [0.717, 1.165) is 0 Å². The lowest BCUT2D eigenvalue weighted by Gasteiger charge is -2.10. The third-order valence-corrected chi connectivity index (χ3v) is 5.71. The van der Waals surface area contributed by atoms with Crippen molar-refractivity contribution in [1.29, 1.82) is 0 Å². The van der Waals surface area contributed by atoms with Crippen molar-refractivity contribution in [3.8, 4) is 22.4 Å². The lowest BCUT2D eigenvalue weighted by atomic mass is 9.95. The summed E-state index contributed by atoms with van der Waals surface area (Å²) in [4.78, 5) is 0. The second-order valence-electron chi connectivity index (χ2n) is 7.43. The van der Waals surface area contributed by atoms with E-state index in [0.29, 0.717) is 0 Å². The molecule has 0 radical (unpaired) electrons. The van der Waals surface area contributed by atoms with E-state index < -0.39 is 0 Å². The van der Waals surface area contributed by atoms with E-state index in [2.05, 4.69) is 116 Å². The fourth-order valence-electron chi connectivity index (χ4n) is 4.09. The van der Waals surface area contributed by atoms with Crippen LogP contribution in [0.2, 0.25) is 0 Å². The van der Waals surface area contributed by atoms with Gasteiger partial charge in [0.2, 0.25) is 5.69 Å². The van der Waals surface area contributed by atoms with Gasteiger partial charge in [0.1, 0.15) is 7.05 Å². The van der Waals surface area contributed by atoms with E-state index in [1.54, 1.807) is 0 Å². The van der Waals surface area contributed by atoms with E-state index in [1.807, 2.05) is 0 Å². The van der Waals surface area contributed by atoms with Gasteiger partial charge in [-0.1, -0.05) is 66.7 Å². The minimum atomic E-state index is 1.23. The average Bonchev–Trinajstić information content (AvgIpc) is 2.74. The quantitative estimate of drug-likeness (QED) is 0.318. The van der Waals surface area contributed by atoms with Crippen LogP contribution in [0.1, 0.15) is 5.56 Å². The Morgan fingerprint density at radius 1 is 0.607 bits per heavy atom. The zero-order valence-corrected chi connectivity index (χ0v) is 16.2. The number of aryl methyl sites for hydroxylation is 2. The Morgan fingerprint density at radius 3 is 2.14 bits per heavy atom. The van der Waals surface area contributed by atoms with Crippen LogP contribution < -0.4 is 4.57 Å². The molecule has 0 spiro atoms. The summed E-state index contributed by atoms with van der Waals surface area (Å²) in [6, 6.07) is 32.8. The molecule has 28 heavy (non-hydrogen) atoms. The molecule has 0 fully saturated rings. The van der Waals surface area contributed by atoms with Crippen molar-refractivity contribution in [3.63, 3.8) is 0 Å². The first-order valence-corrected chi connectivity index (χ1v) is 9.68. The molecule has 0 N–H and O–H groups in total. The molecule has 1 aromatic heterocycles. The number of benzene rings is 4. The van der Waals surface area contributed by atoms with Crippen LogP contribution in [0.25, 0.3) is 43.9 Å². The van der Waals surface area contributed by atoms with Gasteiger partial charge in [0.05, 0.1) is 0 Å². The fourth-order valence-corrected chi connectivity index (χ4v) is 4.09. The van der Waals surface area contributed by atoms with Crippen LogP contribution >= 0.6 is 0 Å². The lowest BCUT2D eigenvalue weighted by Crippen LogP contribution is -2.30. The molecule has 0 aliphatic carbocycles. The minimum absolute atomic E-state index is 1.23. The smallest absolute Gasteiger partial charge is 0.201 e. The van der Waals surface area contributed by atoms with E-state index in [9.17, 15) is 0 Å². The zero-order valence-electron chi connectivity index (χ0n) is 16.2. The lowest BCUT2D eigenvalue weighted by molar-refractivity contribution is -0.660. The molecule has 0 amide bonds. The summed E-state index contributed by atoms with van der Waals surface area (Å²) < 4.78 is 2.21. The second kappa shape index (κ2) is 6.61. The number of hydrogen-bond donors (Lipinski definition) is 0. The summed E-state index contributed by atoms with van der Waals surface area (Å²) in [6.45, 7) is 2.22. The highest BCUT2D eigenvalue weighted by atomic mass is 14.9. The number of fused-ring (bicyclic) bond motifs is 2. The Bertz CT molecular complexity index is 1330. The molecule has 0 saturated heterocycles. The maximum atomic E-state index is 2.31. The molecule has 1 heterocycles. The molecule has 0 bridgehead atoms. The Morgan fingerprint density at radius 2 is 1.29 bits per heavy atom. The predicted octanol–water partition coefficient (Wildman–Crippen LogP) is 6.46. The van der Waals surface area contributed by atoms with E-state index >= 15 is 0 Å². The molecule has 1 heteroatoms. The summed E-state index contributed by atoms with van der Waals surface area (Å²) in [6.07, 6.45) is 2.16. The van der Waals surface area contributed by atoms with Gasteiger partial charge in [-0.25, -0.2) is 4.57 Å². The number of rotatable bonds is 2. The summed E-state index contributed by atoms with van der Waals surface area (Å²) in [5, 5.41) is 5.16. The number of hydrogen-bond acceptors (Lipinski definition) is 0. The van der Waals surface area contributed by atoms with Crippen molar-refractivity contribution >= 4 is 21.5 Å². The van der Waals surface area contributed by atoms with Crippen LogP contribution in [0, 0.1) is 6.92 Å². The summed E-state index contributed by atoms with van der Waals surface area (Å²) in [5.74, 6) is 0. The second-order valence-corrected chi connectivity index (χ2v) is 7.43.